The zero-order valence-corrected chi connectivity index (χ0v) is 13.2. The number of anilines is 1. The summed E-state index contributed by atoms with van der Waals surface area (Å²) in [4.78, 5) is 20.2. The first-order chi connectivity index (χ1) is 10.4. The molecule has 3 N–H and O–H groups in total. The molecule has 0 atom stereocenters. The Morgan fingerprint density at radius 2 is 2.00 bits per heavy atom. The Kier molecular flexibility index (Phi) is 4.60. The summed E-state index contributed by atoms with van der Waals surface area (Å²) < 4.78 is 5.80. The van der Waals surface area contributed by atoms with Gasteiger partial charge in [-0.15, -0.1) is 0 Å². The molecule has 0 saturated heterocycles. The minimum absolute atomic E-state index is 0.129. The molecule has 0 aliphatic heterocycles. The van der Waals surface area contributed by atoms with Crippen molar-refractivity contribution < 1.29 is 9.53 Å². The lowest BCUT2D eigenvalue weighted by Crippen LogP contribution is -2.23. The Morgan fingerprint density at radius 3 is 2.64 bits per heavy atom. The third kappa shape index (κ3) is 3.33. The van der Waals surface area contributed by atoms with Crippen molar-refractivity contribution in [1.29, 1.82) is 0 Å². The number of nitrogens with zero attached hydrogens (tertiary/aromatic N) is 2. The van der Waals surface area contributed by atoms with Crippen molar-refractivity contribution in [2.75, 3.05) is 12.8 Å². The van der Waals surface area contributed by atoms with E-state index in [4.69, 9.17) is 10.5 Å². The highest BCUT2D eigenvalue weighted by molar-refractivity contribution is 5.96. The second-order valence-corrected chi connectivity index (χ2v) is 5.13. The molecule has 2 rings (SSSR count). The second kappa shape index (κ2) is 6.43. The van der Waals surface area contributed by atoms with Crippen LogP contribution in [0.1, 0.15) is 32.9 Å². The number of hydrogen-bond acceptors (Lipinski definition) is 5. The van der Waals surface area contributed by atoms with Gasteiger partial charge >= 0.3 is 0 Å². The van der Waals surface area contributed by atoms with E-state index in [0.717, 1.165) is 16.9 Å². The average molecular weight is 300 g/mol. The maximum absolute atomic E-state index is 12.0. The van der Waals surface area contributed by atoms with Crippen LogP contribution >= 0.6 is 0 Å². The van der Waals surface area contributed by atoms with Gasteiger partial charge in [0.05, 0.1) is 17.0 Å². The molecule has 116 valence electrons. The summed E-state index contributed by atoms with van der Waals surface area (Å²) in [5.41, 5.74) is 9.29. The van der Waals surface area contributed by atoms with E-state index in [0.29, 0.717) is 17.0 Å². The highest BCUT2D eigenvalue weighted by Gasteiger charge is 2.17. The summed E-state index contributed by atoms with van der Waals surface area (Å²) in [7, 11) is 1.56. The Morgan fingerprint density at radius 1 is 1.27 bits per heavy atom. The van der Waals surface area contributed by atoms with Crippen molar-refractivity contribution in [2.45, 2.75) is 27.4 Å². The molecule has 0 saturated carbocycles. The van der Waals surface area contributed by atoms with Gasteiger partial charge in [-0.25, -0.2) is 9.97 Å². The number of carbonyl (C=O) groups excluding carboxylic acids is 1. The predicted molar refractivity (Wildman–Crippen MR) is 84.8 cm³/mol. The molecule has 0 fully saturated rings. The first kappa shape index (κ1) is 15.8. The molecule has 0 unspecified atom stereocenters. The summed E-state index contributed by atoms with van der Waals surface area (Å²) in [6.45, 7) is 5.87. The third-order valence-electron chi connectivity index (χ3n) is 3.33. The average Bonchev–Trinajstić information content (AvgIpc) is 2.45. The molecular formula is C16H20N4O2. The van der Waals surface area contributed by atoms with Crippen molar-refractivity contribution in [3.63, 3.8) is 0 Å². The zero-order valence-electron chi connectivity index (χ0n) is 13.2. The fourth-order valence-corrected chi connectivity index (χ4v) is 2.29. The fourth-order valence-electron chi connectivity index (χ4n) is 2.29. The van der Waals surface area contributed by atoms with E-state index < -0.39 is 0 Å². The topological polar surface area (TPSA) is 90.1 Å². The lowest BCUT2D eigenvalue weighted by atomic mass is 10.1. The minimum atomic E-state index is -0.253. The number of carbonyl (C=O) groups is 1. The summed E-state index contributed by atoms with van der Waals surface area (Å²) in [5, 5.41) is 2.58. The molecule has 1 amide bonds. The first-order valence-electron chi connectivity index (χ1n) is 6.97. The van der Waals surface area contributed by atoms with E-state index in [1.54, 1.807) is 14.0 Å². The standard InChI is InChI=1S/C16H20N4O2/c1-9-5-6-13(10(2)7-9)22-8-12-14(15(21)18-4)11(3)19-16(17)20-12/h5-7H,8H2,1-4H3,(H,18,21)(H2,17,19,20). The van der Waals surface area contributed by atoms with Gasteiger partial charge in [0.15, 0.2) is 0 Å². The Balaban J connectivity index is 2.30. The van der Waals surface area contributed by atoms with Gasteiger partial charge in [0.1, 0.15) is 12.4 Å². The number of aryl methyl sites for hydroxylation is 3. The normalized spacial score (nSPS) is 10.4. The van der Waals surface area contributed by atoms with Crippen LogP contribution in [-0.4, -0.2) is 22.9 Å². The number of nitrogens with two attached hydrogens (primary N) is 1. The number of benzene rings is 1. The first-order valence-corrected chi connectivity index (χ1v) is 6.97. The van der Waals surface area contributed by atoms with E-state index in [2.05, 4.69) is 15.3 Å². The third-order valence-corrected chi connectivity index (χ3v) is 3.33. The van der Waals surface area contributed by atoms with Crippen molar-refractivity contribution in [3.05, 3.63) is 46.3 Å². The predicted octanol–water partition coefficient (Wildman–Crippen LogP) is 1.92. The van der Waals surface area contributed by atoms with E-state index in [-0.39, 0.29) is 18.5 Å². The van der Waals surface area contributed by atoms with E-state index >= 15 is 0 Å². The number of nitrogens with one attached hydrogen (secondary N) is 1. The molecule has 0 spiro atoms. The lowest BCUT2D eigenvalue weighted by molar-refractivity contribution is 0.0959. The molecule has 6 nitrogen and oxygen atoms in total. The van der Waals surface area contributed by atoms with Gasteiger partial charge < -0.3 is 15.8 Å². The molecule has 1 heterocycles. The van der Waals surface area contributed by atoms with E-state index in [9.17, 15) is 4.79 Å². The Labute approximate surface area is 129 Å². The number of amides is 1. The molecule has 0 aliphatic carbocycles. The molecule has 6 heteroatoms. The van der Waals surface area contributed by atoms with Crippen LogP contribution in [0.5, 0.6) is 5.75 Å². The van der Waals surface area contributed by atoms with Crippen LogP contribution in [-0.2, 0) is 6.61 Å². The highest BCUT2D eigenvalue weighted by atomic mass is 16.5. The van der Waals surface area contributed by atoms with Gasteiger partial charge in [0, 0.05) is 7.05 Å². The van der Waals surface area contributed by atoms with Crippen molar-refractivity contribution in [1.82, 2.24) is 15.3 Å². The Bertz CT molecular complexity index is 714. The molecule has 0 aliphatic rings. The van der Waals surface area contributed by atoms with Crippen LogP contribution < -0.4 is 15.8 Å². The van der Waals surface area contributed by atoms with Crippen LogP contribution in [0.4, 0.5) is 5.95 Å². The second-order valence-electron chi connectivity index (χ2n) is 5.13. The van der Waals surface area contributed by atoms with Crippen molar-refractivity contribution >= 4 is 11.9 Å². The fraction of sp³-hybridized carbons (Fsp3) is 0.312. The van der Waals surface area contributed by atoms with Gasteiger partial charge in [0.25, 0.3) is 5.91 Å². The maximum atomic E-state index is 12.0. The quantitative estimate of drug-likeness (QED) is 0.900. The zero-order chi connectivity index (χ0) is 16.3. The van der Waals surface area contributed by atoms with E-state index in [1.807, 2.05) is 32.0 Å². The van der Waals surface area contributed by atoms with Gasteiger partial charge in [-0.3, -0.25) is 4.79 Å². The van der Waals surface area contributed by atoms with Crippen molar-refractivity contribution in [3.8, 4) is 5.75 Å². The Hall–Kier alpha value is -2.63. The monoisotopic (exact) mass is 300 g/mol. The van der Waals surface area contributed by atoms with E-state index in [1.165, 1.54) is 0 Å². The largest absolute Gasteiger partial charge is 0.487 e. The molecule has 0 radical (unpaired) electrons. The highest BCUT2D eigenvalue weighted by Crippen LogP contribution is 2.21. The number of rotatable bonds is 4. The van der Waals surface area contributed by atoms with Gasteiger partial charge in [0.2, 0.25) is 5.95 Å². The van der Waals surface area contributed by atoms with Gasteiger partial charge in [-0.1, -0.05) is 17.7 Å². The van der Waals surface area contributed by atoms with Crippen LogP contribution in [0.25, 0.3) is 0 Å². The minimum Gasteiger partial charge on any atom is -0.487 e. The number of nitrogen functional groups attached to an aromatic ring is 1. The smallest absolute Gasteiger partial charge is 0.254 e. The van der Waals surface area contributed by atoms with Crippen LogP contribution in [0.3, 0.4) is 0 Å². The van der Waals surface area contributed by atoms with Gasteiger partial charge in [-0.05, 0) is 32.4 Å². The van der Waals surface area contributed by atoms with Crippen LogP contribution in [0.15, 0.2) is 18.2 Å². The van der Waals surface area contributed by atoms with Gasteiger partial charge in [-0.2, -0.15) is 0 Å². The number of aromatic nitrogens is 2. The summed E-state index contributed by atoms with van der Waals surface area (Å²) in [6, 6.07) is 5.91. The maximum Gasteiger partial charge on any atom is 0.254 e. The number of hydrogen-bond donors (Lipinski definition) is 2. The number of ether oxygens (including phenoxy) is 1. The summed E-state index contributed by atoms with van der Waals surface area (Å²) in [5.74, 6) is 0.629. The summed E-state index contributed by atoms with van der Waals surface area (Å²) >= 11 is 0. The van der Waals surface area contributed by atoms with Crippen LogP contribution in [0, 0.1) is 20.8 Å². The van der Waals surface area contributed by atoms with Crippen molar-refractivity contribution in [2.24, 2.45) is 0 Å². The molecule has 1 aromatic heterocycles. The molecule has 22 heavy (non-hydrogen) atoms. The SMILES string of the molecule is CNC(=O)c1c(C)nc(N)nc1COc1ccc(C)cc1C. The molecule has 1 aromatic carbocycles. The lowest BCUT2D eigenvalue weighted by Gasteiger charge is -2.13. The molecule has 0 bridgehead atoms. The van der Waals surface area contributed by atoms with Crippen LogP contribution in [0.2, 0.25) is 0 Å². The molecule has 2 aromatic rings. The summed E-state index contributed by atoms with van der Waals surface area (Å²) in [6.07, 6.45) is 0. The molecular weight excluding hydrogens is 280 g/mol.